The van der Waals surface area contributed by atoms with Gasteiger partial charge in [-0.2, -0.15) is 0 Å². The number of hydrogen-bond acceptors (Lipinski definition) is 4. The van der Waals surface area contributed by atoms with Gasteiger partial charge in [0.05, 0.1) is 16.3 Å². The Morgan fingerprint density at radius 3 is 2.96 bits per heavy atom. The maximum atomic E-state index is 12.8. The summed E-state index contributed by atoms with van der Waals surface area (Å²) in [6.07, 6.45) is 4.76. The van der Waals surface area contributed by atoms with Crippen molar-refractivity contribution in [3.63, 3.8) is 0 Å². The fourth-order valence-corrected chi connectivity index (χ4v) is 5.17. The lowest BCUT2D eigenvalue weighted by Gasteiger charge is -2.34. The number of benzene rings is 1. The Bertz CT molecular complexity index is 792. The number of piperidine rings is 1. The number of carbonyl (C=O) groups is 1. The highest BCUT2D eigenvalue weighted by atomic mass is 32.1. The van der Waals surface area contributed by atoms with Gasteiger partial charge in [-0.15, -0.1) is 22.7 Å². The van der Waals surface area contributed by atoms with Crippen molar-refractivity contribution in [1.29, 1.82) is 0 Å². The average Bonchev–Trinajstić information content (AvgIpc) is 3.29. The first-order valence-electron chi connectivity index (χ1n) is 8.48. The maximum absolute atomic E-state index is 12.8. The molecule has 0 aliphatic carbocycles. The fraction of sp³-hybridized carbons (Fsp3) is 0.368. The Morgan fingerprint density at radius 2 is 2.12 bits per heavy atom. The summed E-state index contributed by atoms with van der Waals surface area (Å²) in [5, 5.41) is 3.17. The summed E-state index contributed by atoms with van der Waals surface area (Å²) >= 11 is 3.47. The van der Waals surface area contributed by atoms with Crippen LogP contribution in [0.1, 0.15) is 41.6 Å². The smallest absolute Gasteiger partial charge is 0.223 e. The van der Waals surface area contributed by atoms with E-state index >= 15 is 0 Å². The number of nitrogens with zero attached hydrogens (tertiary/aromatic N) is 2. The normalized spacial score (nSPS) is 18.2. The molecule has 0 unspecified atom stereocenters. The number of likely N-dealkylation sites (tertiary alicyclic amines) is 1. The number of aryl methyl sites for hydroxylation is 1. The third-order valence-corrected chi connectivity index (χ3v) is 6.66. The number of para-hydroxylation sites is 1. The van der Waals surface area contributed by atoms with Crippen molar-refractivity contribution in [1.82, 2.24) is 9.88 Å². The second-order valence-corrected chi connectivity index (χ2v) is 8.29. The largest absolute Gasteiger partial charge is 0.333 e. The monoisotopic (exact) mass is 356 g/mol. The van der Waals surface area contributed by atoms with Gasteiger partial charge in [-0.25, -0.2) is 4.98 Å². The van der Waals surface area contributed by atoms with Gasteiger partial charge in [0.25, 0.3) is 0 Å². The van der Waals surface area contributed by atoms with Crippen LogP contribution in [0.2, 0.25) is 0 Å². The van der Waals surface area contributed by atoms with Crippen LogP contribution < -0.4 is 0 Å². The van der Waals surface area contributed by atoms with Crippen LogP contribution in [0, 0.1) is 0 Å². The first-order chi connectivity index (χ1) is 11.8. The van der Waals surface area contributed by atoms with Crippen LogP contribution in [0.3, 0.4) is 0 Å². The third kappa shape index (κ3) is 3.23. The molecule has 5 heteroatoms. The van der Waals surface area contributed by atoms with Crippen LogP contribution in [0.4, 0.5) is 0 Å². The SMILES string of the molecule is O=C(CCc1cccs1)N1CCCC[C@H]1c1nc2ccccc2s1. The molecule has 1 atom stereocenters. The maximum Gasteiger partial charge on any atom is 0.223 e. The molecular formula is C19H20N2OS2. The summed E-state index contributed by atoms with van der Waals surface area (Å²) in [4.78, 5) is 21.0. The molecule has 0 saturated carbocycles. The topological polar surface area (TPSA) is 33.2 Å². The van der Waals surface area contributed by atoms with E-state index in [1.807, 2.05) is 6.07 Å². The molecule has 3 heterocycles. The molecule has 0 spiro atoms. The predicted octanol–water partition coefficient (Wildman–Crippen LogP) is 5.04. The number of thiophene rings is 1. The Labute approximate surface area is 150 Å². The summed E-state index contributed by atoms with van der Waals surface area (Å²) in [5.41, 5.74) is 1.05. The van der Waals surface area contributed by atoms with Crippen LogP contribution in [0.25, 0.3) is 10.2 Å². The molecule has 124 valence electrons. The summed E-state index contributed by atoms with van der Waals surface area (Å²) in [6, 6.07) is 12.6. The molecule has 1 amide bonds. The molecule has 1 aromatic carbocycles. The molecule has 1 aliphatic rings. The number of fused-ring (bicyclic) bond motifs is 1. The highest BCUT2D eigenvalue weighted by Crippen LogP contribution is 2.36. The van der Waals surface area contributed by atoms with Gasteiger partial charge in [0.15, 0.2) is 0 Å². The standard InChI is InChI=1S/C19H20N2OS2/c22-18(11-10-14-6-5-13-23-14)21-12-4-3-8-16(21)19-20-15-7-1-2-9-17(15)24-19/h1-2,5-7,9,13,16H,3-4,8,10-12H2/t16-/m0/s1. The minimum absolute atomic E-state index is 0.159. The molecule has 3 aromatic rings. The number of amides is 1. The van der Waals surface area contributed by atoms with Gasteiger partial charge in [0.2, 0.25) is 5.91 Å². The highest BCUT2D eigenvalue weighted by molar-refractivity contribution is 7.18. The van der Waals surface area contributed by atoms with Gasteiger partial charge in [-0.3, -0.25) is 4.79 Å². The van der Waals surface area contributed by atoms with Crippen LogP contribution in [0.5, 0.6) is 0 Å². The van der Waals surface area contributed by atoms with Crippen LogP contribution in [-0.4, -0.2) is 22.3 Å². The molecule has 1 saturated heterocycles. The highest BCUT2D eigenvalue weighted by Gasteiger charge is 2.29. The number of rotatable bonds is 4. The second-order valence-electron chi connectivity index (χ2n) is 6.20. The van der Waals surface area contributed by atoms with E-state index in [-0.39, 0.29) is 11.9 Å². The first-order valence-corrected chi connectivity index (χ1v) is 10.2. The lowest BCUT2D eigenvalue weighted by molar-refractivity contribution is -0.135. The fourth-order valence-electron chi connectivity index (χ4n) is 3.35. The van der Waals surface area contributed by atoms with Gasteiger partial charge in [-0.1, -0.05) is 18.2 Å². The minimum Gasteiger partial charge on any atom is -0.333 e. The van der Waals surface area contributed by atoms with E-state index < -0.39 is 0 Å². The summed E-state index contributed by atoms with van der Waals surface area (Å²) in [6.45, 7) is 0.865. The lowest BCUT2D eigenvalue weighted by atomic mass is 10.0. The molecule has 0 N–H and O–H groups in total. The third-order valence-electron chi connectivity index (χ3n) is 4.58. The Morgan fingerprint density at radius 1 is 1.21 bits per heavy atom. The Balaban J connectivity index is 1.52. The minimum atomic E-state index is 0.159. The second kappa shape index (κ2) is 7.03. The summed E-state index contributed by atoms with van der Waals surface area (Å²) in [7, 11) is 0. The van der Waals surface area contributed by atoms with E-state index in [1.165, 1.54) is 16.0 Å². The van der Waals surface area contributed by atoms with E-state index in [1.54, 1.807) is 22.7 Å². The molecule has 4 rings (SSSR count). The van der Waals surface area contributed by atoms with Crippen molar-refractivity contribution >= 4 is 38.8 Å². The molecule has 0 bridgehead atoms. The predicted molar refractivity (Wildman–Crippen MR) is 101 cm³/mol. The Hall–Kier alpha value is -1.72. The van der Waals surface area contributed by atoms with Gasteiger partial charge in [0.1, 0.15) is 5.01 Å². The Kier molecular flexibility index (Phi) is 4.63. The summed E-state index contributed by atoms with van der Waals surface area (Å²) < 4.78 is 1.21. The lowest BCUT2D eigenvalue weighted by Crippen LogP contribution is -2.38. The van der Waals surface area contributed by atoms with Crippen molar-refractivity contribution in [2.45, 2.75) is 38.1 Å². The van der Waals surface area contributed by atoms with Gasteiger partial charge in [0, 0.05) is 17.8 Å². The number of thiazole rings is 1. The quantitative estimate of drug-likeness (QED) is 0.656. The molecule has 1 aliphatic heterocycles. The van der Waals surface area contributed by atoms with Crippen molar-refractivity contribution in [2.24, 2.45) is 0 Å². The molecule has 24 heavy (non-hydrogen) atoms. The summed E-state index contributed by atoms with van der Waals surface area (Å²) in [5.74, 6) is 0.271. The van der Waals surface area contributed by atoms with Gasteiger partial charge in [-0.05, 0) is 49.3 Å². The van der Waals surface area contributed by atoms with E-state index in [9.17, 15) is 4.79 Å². The van der Waals surface area contributed by atoms with E-state index in [2.05, 4.69) is 40.6 Å². The van der Waals surface area contributed by atoms with Crippen LogP contribution in [0.15, 0.2) is 41.8 Å². The van der Waals surface area contributed by atoms with Crippen molar-refractivity contribution in [2.75, 3.05) is 6.54 Å². The zero-order valence-corrected chi connectivity index (χ0v) is 15.1. The van der Waals surface area contributed by atoms with Gasteiger partial charge >= 0.3 is 0 Å². The molecular weight excluding hydrogens is 336 g/mol. The van der Waals surface area contributed by atoms with Crippen molar-refractivity contribution < 1.29 is 4.79 Å². The zero-order chi connectivity index (χ0) is 16.4. The van der Waals surface area contributed by atoms with Crippen LogP contribution in [-0.2, 0) is 11.2 Å². The number of aromatic nitrogens is 1. The number of carbonyl (C=O) groups excluding carboxylic acids is 1. The molecule has 3 nitrogen and oxygen atoms in total. The molecule has 0 radical (unpaired) electrons. The van der Waals surface area contributed by atoms with Crippen molar-refractivity contribution in [3.05, 3.63) is 51.7 Å². The average molecular weight is 357 g/mol. The zero-order valence-electron chi connectivity index (χ0n) is 13.5. The van der Waals surface area contributed by atoms with E-state index in [0.29, 0.717) is 6.42 Å². The van der Waals surface area contributed by atoms with E-state index in [4.69, 9.17) is 4.98 Å². The molecule has 2 aromatic heterocycles. The van der Waals surface area contributed by atoms with E-state index in [0.717, 1.165) is 36.3 Å². The van der Waals surface area contributed by atoms with Crippen LogP contribution >= 0.6 is 22.7 Å². The number of hydrogen-bond donors (Lipinski definition) is 0. The molecule has 1 fully saturated rings. The van der Waals surface area contributed by atoms with Gasteiger partial charge < -0.3 is 4.90 Å². The van der Waals surface area contributed by atoms with Crippen molar-refractivity contribution in [3.8, 4) is 0 Å². The first kappa shape index (κ1) is 15.8.